The van der Waals surface area contributed by atoms with E-state index in [0.717, 1.165) is 22.5 Å². The van der Waals surface area contributed by atoms with Crippen molar-refractivity contribution in [1.29, 1.82) is 0 Å². The molecule has 0 aliphatic carbocycles. The number of rotatable bonds is 1. The third-order valence-corrected chi connectivity index (χ3v) is 2.56. The van der Waals surface area contributed by atoms with E-state index >= 15 is 0 Å². The van der Waals surface area contributed by atoms with Gasteiger partial charge in [0, 0.05) is 12.3 Å². The van der Waals surface area contributed by atoms with Crippen molar-refractivity contribution in [1.82, 2.24) is 14.5 Å². The summed E-state index contributed by atoms with van der Waals surface area (Å²) in [6.07, 6.45) is 3.56. The molecule has 0 N–H and O–H groups in total. The second-order valence-electron chi connectivity index (χ2n) is 3.61. The van der Waals surface area contributed by atoms with E-state index in [9.17, 15) is 0 Å². The zero-order valence-electron chi connectivity index (χ0n) is 8.88. The molecule has 3 nitrogen and oxygen atoms in total. The predicted molar refractivity (Wildman–Crippen MR) is 62.4 cm³/mol. The third kappa shape index (κ3) is 1.29. The summed E-state index contributed by atoms with van der Waals surface area (Å²) in [6, 6.07) is 13.1. The molecule has 2 aromatic heterocycles. The summed E-state index contributed by atoms with van der Waals surface area (Å²) in [5, 5.41) is 0. The maximum absolute atomic E-state index is 4.47. The third-order valence-electron chi connectivity index (χ3n) is 2.56. The van der Waals surface area contributed by atoms with Crippen LogP contribution in [0, 0.1) is 13.0 Å². The summed E-state index contributed by atoms with van der Waals surface area (Å²) >= 11 is 0. The predicted octanol–water partition coefficient (Wildman–Crippen LogP) is 2.53. The Morgan fingerprint density at radius 2 is 2.19 bits per heavy atom. The molecule has 0 fully saturated rings. The number of aromatic nitrogens is 3. The van der Waals surface area contributed by atoms with Gasteiger partial charge in [0.05, 0.1) is 17.4 Å². The topological polar surface area (TPSA) is 30.7 Å². The number of pyridine rings is 1. The fraction of sp³-hybridized carbons (Fsp3) is 0.0769. The summed E-state index contributed by atoms with van der Waals surface area (Å²) in [4.78, 5) is 8.54. The van der Waals surface area contributed by atoms with Gasteiger partial charge in [-0.15, -0.1) is 0 Å². The van der Waals surface area contributed by atoms with Gasteiger partial charge in [-0.3, -0.25) is 9.55 Å². The monoisotopic (exact) mass is 208 g/mol. The van der Waals surface area contributed by atoms with Crippen molar-refractivity contribution in [2.24, 2.45) is 0 Å². The van der Waals surface area contributed by atoms with Crippen molar-refractivity contribution in [3.63, 3.8) is 0 Å². The Bertz CT molecular complexity index is 626. The summed E-state index contributed by atoms with van der Waals surface area (Å²) in [5.41, 5.74) is 2.99. The van der Waals surface area contributed by atoms with Gasteiger partial charge in [0.1, 0.15) is 11.3 Å². The van der Waals surface area contributed by atoms with Crippen LogP contribution in [-0.4, -0.2) is 14.5 Å². The van der Waals surface area contributed by atoms with Crippen LogP contribution < -0.4 is 0 Å². The Morgan fingerprint density at radius 3 is 3.00 bits per heavy atom. The largest absolute Gasteiger partial charge is 0.296 e. The molecule has 0 bridgehead atoms. The van der Waals surface area contributed by atoms with E-state index in [2.05, 4.69) is 20.6 Å². The average molecular weight is 208 g/mol. The van der Waals surface area contributed by atoms with E-state index in [0.29, 0.717) is 0 Å². The van der Waals surface area contributed by atoms with Crippen LogP contribution >= 0.6 is 0 Å². The molecule has 1 radical (unpaired) electrons. The molecule has 0 saturated carbocycles. The highest BCUT2D eigenvalue weighted by Gasteiger charge is 2.07. The first kappa shape index (κ1) is 9.09. The number of nitrogens with zero attached hydrogens (tertiary/aromatic N) is 3. The smallest absolute Gasteiger partial charge is 0.111 e. The first-order chi connectivity index (χ1) is 7.86. The van der Waals surface area contributed by atoms with Gasteiger partial charge in [0.15, 0.2) is 0 Å². The molecule has 3 rings (SSSR count). The molecule has 77 valence electrons. The minimum absolute atomic E-state index is 0.914. The Kier molecular flexibility index (Phi) is 1.96. The molecule has 0 atom stereocenters. The first-order valence-electron chi connectivity index (χ1n) is 5.12. The molecular weight excluding hydrogens is 198 g/mol. The van der Waals surface area contributed by atoms with E-state index in [-0.39, 0.29) is 0 Å². The van der Waals surface area contributed by atoms with E-state index in [4.69, 9.17) is 0 Å². The Morgan fingerprint density at radius 1 is 1.25 bits per heavy atom. The number of hydrogen-bond acceptors (Lipinski definition) is 2. The van der Waals surface area contributed by atoms with Crippen LogP contribution in [0.1, 0.15) is 5.82 Å². The first-order valence-corrected chi connectivity index (χ1v) is 5.12. The van der Waals surface area contributed by atoms with Gasteiger partial charge in [-0.1, -0.05) is 18.2 Å². The summed E-state index contributed by atoms with van der Waals surface area (Å²) in [7, 11) is 0. The van der Waals surface area contributed by atoms with Gasteiger partial charge in [-0.2, -0.15) is 0 Å². The Balaban J connectivity index is 2.35. The van der Waals surface area contributed by atoms with Gasteiger partial charge in [0.25, 0.3) is 0 Å². The Hall–Kier alpha value is -2.16. The second kappa shape index (κ2) is 3.45. The van der Waals surface area contributed by atoms with Crippen molar-refractivity contribution in [3.8, 4) is 5.69 Å². The normalized spacial score (nSPS) is 10.8. The lowest BCUT2D eigenvalue weighted by Gasteiger charge is -2.05. The molecule has 0 amide bonds. The number of aryl methyl sites for hydroxylation is 1. The number of hydrogen-bond donors (Lipinski definition) is 0. The maximum atomic E-state index is 4.47. The number of fused-ring (bicyclic) bond motifs is 1. The van der Waals surface area contributed by atoms with Gasteiger partial charge in [-0.05, 0) is 19.1 Å². The van der Waals surface area contributed by atoms with E-state index < -0.39 is 0 Å². The van der Waals surface area contributed by atoms with Crippen LogP contribution in [0.3, 0.4) is 0 Å². The lowest BCUT2D eigenvalue weighted by Crippen LogP contribution is -1.96. The quantitative estimate of drug-likeness (QED) is 0.615. The molecule has 3 heteroatoms. The molecule has 2 heterocycles. The number of benzene rings is 1. The SMILES string of the molecule is Cc1nc2cnccc2n1-c1[c]cccc1. The highest BCUT2D eigenvalue weighted by molar-refractivity contribution is 5.76. The van der Waals surface area contributed by atoms with Gasteiger partial charge in [0.2, 0.25) is 0 Å². The van der Waals surface area contributed by atoms with Gasteiger partial charge in [-0.25, -0.2) is 4.98 Å². The molecule has 0 unspecified atom stereocenters. The van der Waals surface area contributed by atoms with Crippen LogP contribution in [0.4, 0.5) is 0 Å². The fourth-order valence-corrected chi connectivity index (χ4v) is 1.88. The van der Waals surface area contributed by atoms with Crippen LogP contribution in [0.2, 0.25) is 0 Å². The van der Waals surface area contributed by atoms with Crippen LogP contribution in [0.25, 0.3) is 16.7 Å². The van der Waals surface area contributed by atoms with Gasteiger partial charge < -0.3 is 0 Å². The molecular formula is C13H10N3. The van der Waals surface area contributed by atoms with Crippen molar-refractivity contribution in [2.75, 3.05) is 0 Å². The Labute approximate surface area is 93.4 Å². The van der Waals surface area contributed by atoms with Crippen LogP contribution in [0.15, 0.2) is 42.7 Å². The molecule has 0 saturated heterocycles. The van der Waals surface area contributed by atoms with Gasteiger partial charge >= 0.3 is 0 Å². The van der Waals surface area contributed by atoms with Crippen molar-refractivity contribution >= 4 is 11.0 Å². The lowest BCUT2D eigenvalue weighted by atomic mass is 10.3. The number of para-hydroxylation sites is 1. The molecule has 3 aromatic rings. The van der Waals surface area contributed by atoms with E-state index in [1.165, 1.54) is 0 Å². The molecule has 0 aliphatic rings. The molecule has 0 spiro atoms. The zero-order chi connectivity index (χ0) is 11.0. The minimum atomic E-state index is 0.914. The maximum Gasteiger partial charge on any atom is 0.111 e. The van der Waals surface area contributed by atoms with Crippen molar-refractivity contribution < 1.29 is 0 Å². The lowest BCUT2D eigenvalue weighted by molar-refractivity contribution is 0.999. The summed E-state index contributed by atoms with van der Waals surface area (Å²) in [5.74, 6) is 0.949. The molecule has 1 aromatic carbocycles. The van der Waals surface area contributed by atoms with Crippen LogP contribution in [0.5, 0.6) is 0 Å². The number of imidazole rings is 1. The van der Waals surface area contributed by atoms with Crippen molar-refractivity contribution in [2.45, 2.75) is 6.92 Å². The fourth-order valence-electron chi connectivity index (χ4n) is 1.88. The van der Waals surface area contributed by atoms with E-state index in [1.54, 1.807) is 12.4 Å². The average Bonchev–Trinajstić information content (AvgIpc) is 2.66. The van der Waals surface area contributed by atoms with E-state index in [1.807, 2.05) is 37.3 Å². The molecule has 16 heavy (non-hydrogen) atoms. The highest BCUT2D eigenvalue weighted by Crippen LogP contribution is 2.19. The standard InChI is InChI=1S/C13H10N3/c1-10-15-12-9-14-8-7-13(12)16(10)11-5-3-2-4-6-11/h2-5,7-9H,1H3. The zero-order valence-corrected chi connectivity index (χ0v) is 8.88. The molecule has 0 aliphatic heterocycles. The summed E-state index contributed by atoms with van der Waals surface area (Å²) in [6.45, 7) is 1.99. The van der Waals surface area contributed by atoms with Crippen molar-refractivity contribution in [3.05, 3.63) is 54.6 Å². The minimum Gasteiger partial charge on any atom is -0.296 e. The highest BCUT2D eigenvalue weighted by atomic mass is 15.1. The summed E-state index contributed by atoms with van der Waals surface area (Å²) < 4.78 is 2.08. The second-order valence-corrected chi connectivity index (χ2v) is 3.61. The van der Waals surface area contributed by atoms with Crippen LogP contribution in [-0.2, 0) is 0 Å².